The average Bonchev–Trinajstić information content (AvgIpc) is 2.68. The molecule has 0 bridgehead atoms. The molecule has 1 atom stereocenters. The Morgan fingerprint density at radius 2 is 1.89 bits per heavy atom. The van der Waals surface area contributed by atoms with Gasteiger partial charge in [-0.1, -0.05) is 26.7 Å². The van der Waals surface area contributed by atoms with Gasteiger partial charge in [0.1, 0.15) is 0 Å². The molecule has 1 saturated heterocycles. The van der Waals surface area contributed by atoms with Crippen molar-refractivity contribution in [1.82, 2.24) is 10.2 Å². The van der Waals surface area contributed by atoms with E-state index >= 15 is 0 Å². The quantitative estimate of drug-likeness (QED) is 0.656. The van der Waals surface area contributed by atoms with Gasteiger partial charge in [-0.2, -0.15) is 0 Å². The summed E-state index contributed by atoms with van der Waals surface area (Å²) in [5.41, 5.74) is 0. The number of nitrogens with one attached hydrogen (secondary N) is 1. The Hall–Kier alpha value is -0.130. The molecule has 0 saturated carbocycles. The number of rotatable bonds is 9. The fourth-order valence-corrected chi connectivity index (χ4v) is 4.34. The average molecular weight is 290 g/mol. The topological polar surface area (TPSA) is 49.4 Å². The van der Waals surface area contributed by atoms with Crippen molar-refractivity contribution >= 4 is 9.84 Å². The van der Waals surface area contributed by atoms with Crippen LogP contribution in [0.15, 0.2) is 0 Å². The molecule has 0 radical (unpaired) electrons. The van der Waals surface area contributed by atoms with Crippen molar-refractivity contribution in [2.24, 2.45) is 0 Å². The number of sulfone groups is 1. The lowest BCUT2D eigenvalue weighted by molar-refractivity contribution is 0.256. The smallest absolute Gasteiger partial charge is 0.151 e. The van der Waals surface area contributed by atoms with Crippen molar-refractivity contribution in [3.05, 3.63) is 0 Å². The van der Waals surface area contributed by atoms with E-state index in [9.17, 15) is 8.42 Å². The fraction of sp³-hybridized carbons (Fsp3) is 1.00. The monoisotopic (exact) mass is 290 g/mol. The zero-order valence-corrected chi connectivity index (χ0v) is 13.5. The minimum atomic E-state index is -2.74. The van der Waals surface area contributed by atoms with E-state index in [1.165, 1.54) is 25.7 Å². The Morgan fingerprint density at radius 1 is 1.21 bits per heavy atom. The molecule has 0 aromatic rings. The molecular weight excluding hydrogens is 260 g/mol. The summed E-state index contributed by atoms with van der Waals surface area (Å²) in [5, 5.41) is 3.42. The highest BCUT2D eigenvalue weighted by atomic mass is 32.2. The number of hydrogen-bond donors (Lipinski definition) is 1. The van der Waals surface area contributed by atoms with Gasteiger partial charge in [0.2, 0.25) is 0 Å². The molecule has 1 aliphatic rings. The summed E-state index contributed by atoms with van der Waals surface area (Å²) >= 11 is 0. The van der Waals surface area contributed by atoms with E-state index < -0.39 is 9.84 Å². The predicted molar refractivity (Wildman–Crippen MR) is 81.3 cm³/mol. The minimum Gasteiger partial charge on any atom is -0.315 e. The summed E-state index contributed by atoms with van der Waals surface area (Å²) in [7, 11) is -0.680. The first-order valence-corrected chi connectivity index (χ1v) is 9.37. The van der Waals surface area contributed by atoms with Gasteiger partial charge in [-0.15, -0.1) is 0 Å². The predicted octanol–water partition coefficient (Wildman–Crippen LogP) is 1.66. The lowest BCUT2D eigenvalue weighted by atomic mass is 10.1. The molecule has 1 N–H and O–H groups in total. The molecule has 1 heterocycles. The van der Waals surface area contributed by atoms with Gasteiger partial charge in [0, 0.05) is 12.1 Å². The maximum Gasteiger partial charge on any atom is 0.151 e. The molecule has 19 heavy (non-hydrogen) atoms. The second kappa shape index (κ2) is 8.22. The SMILES string of the molecule is CC(C)NCCCCCCN(C)C1CCS(=O)(=O)C1. The summed E-state index contributed by atoms with van der Waals surface area (Å²) in [6.07, 6.45) is 5.73. The Balaban J connectivity index is 2.00. The van der Waals surface area contributed by atoms with Gasteiger partial charge < -0.3 is 10.2 Å². The molecule has 0 aromatic heterocycles. The standard InChI is InChI=1S/C14H30N2O2S/c1-13(2)15-9-6-4-5-7-10-16(3)14-8-11-19(17,18)12-14/h13-15H,4-12H2,1-3H3. The summed E-state index contributed by atoms with van der Waals surface area (Å²) in [5.74, 6) is 0.741. The summed E-state index contributed by atoms with van der Waals surface area (Å²) < 4.78 is 22.8. The fourth-order valence-electron chi connectivity index (χ4n) is 2.54. The molecule has 1 unspecified atom stereocenters. The third-order valence-corrected chi connectivity index (χ3v) is 5.57. The molecule has 0 aromatic carbocycles. The molecule has 1 aliphatic heterocycles. The largest absolute Gasteiger partial charge is 0.315 e. The maximum absolute atomic E-state index is 11.4. The van der Waals surface area contributed by atoms with E-state index in [-0.39, 0.29) is 6.04 Å². The summed E-state index contributed by atoms with van der Waals surface area (Å²) in [6.45, 7) is 6.47. The normalized spacial score (nSPS) is 22.5. The van der Waals surface area contributed by atoms with E-state index in [2.05, 4.69) is 31.1 Å². The molecule has 0 spiro atoms. The highest BCUT2D eigenvalue weighted by molar-refractivity contribution is 7.91. The van der Waals surface area contributed by atoms with Crippen LogP contribution >= 0.6 is 0 Å². The van der Waals surface area contributed by atoms with Crippen molar-refractivity contribution in [3.8, 4) is 0 Å². The van der Waals surface area contributed by atoms with Crippen molar-refractivity contribution < 1.29 is 8.42 Å². The zero-order chi connectivity index (χ0) is 14.3. The Labute approximate surface area is 118 Å². The van der Waals surface area contributed by atoms with Crippen LogP contribution in [0.4, 0.5) is 0 Å². The minimum absolute atomic E-state index is 0.257. The van der Waals surface area contributed by atoms with Crippen molar-refractivity contribution in [1.29, 1.82) is 0 Å². The highest BCUT2D eigenvalue weighted by Gasteiger charge is 2.30. The molecule has 114 valence electrons. The number of unbranched alkanes of at least 4 members (excludes halogenated alkanes) is 3. The van der Waals surface area contributed by atoms with E-state index in [1.54, 1.807) is 0 Å². The van der Waals surface area contributed by atoms with Gasteiger partial charge in [-0.25, -0.2) is 8.42 Å². The van der Waals surface area contributed by atoms with Crippen molar-refractivity contribution in [2.45, 2.75) is 58.0 Å². The van der Waals surface area contributed by atoms with Crippen molar-refractivity contribution in [3.63, 3.8) is 0 Å². The molecular formula is C14H30N2O2S. The van der Waals surface area contributed by atoms with E-state index in [4.69, 9.17) is 0 Å². The van der Waals surface area contributed by atoms with E-state index in [0.717, 1.165) is 19.5 Å². The second-order valence-electron chi connectivity index (χ2n) is 6.06. The first-order valence-electron chi connectivity index (χ1n) is 7.55. The third-order valence-electron chi connectivity index (χ3n) is 3.82. The first-order chi connectivity index (χ1) is 8.91. The molecule has 1 fully saturated rings. The van der Waals surface area contributed by atoms with Gasteiger partial charge >= 0.3 is 0 Å². The van der Waals surface area contributed by atoms with Gasteiger partial charge in [0.15, 0.2) is 9.84 Å². The molecule has 0 amide bonds. The highest BCUT2D eigenvalue weighted by Crippen LogP contribution is 2.17. The van der Waals surface area contributed by atoms with Crippen LogP contribution in [-0.4, -0.2) is 57.0 Å². The molecule has 5 heteroatoms. The lowest BCUT2D eigenvalue weighted by Gasteiger charge is -2.22. The lowest BCUT2D eigenvalue weighted by Crippen LogP contribution is -2.33. The Bertz CT molecular complexity index is 341. The van der Waals surface area contributed by atoms with Gasteiger partial charge in [0.25, 0.3) is 0 Å². The number of hydrogen-bond acceptors (Lipinski definition) is 4. The summed E-state index contributed by atoms with van der Waals surface area (Å²) in [6, 6.07) is 0.836. The molecule has 4 nitrogen and oxygen atoms in total. The van der Waals surface area contributed by atoms with Crippen LogP contribution < -0.4 is 5.32 Å². The maximum atomic E-state index is 11.4. The van der Waals surface area contributed by atoms with Crippen LogP contribution in [-0.2, 0) is 9.84 Å². The van der Waals surface area contributed by atoms with Crippen LogP contribution in [0.3, 0.4) is 0 Å². The first kappa shape index (κ1) is 16.9. The number of nitrogens with zero attached hydrogens (tertiary/aromatic N) is 1. The van der Waals surface area contributed by atoms with E-state index in [1.807, 2.05) is 0 Å². The second-order valence-corrected chi connectivity index (χ2v) is 8.29. The van der Waals surface area contributed by atoms with Crippen LogP contribution in [0, 0.1) is 0 Å². The van der Waals surface area contributed by atoms with Crippen LogP contribution in [0.5, 0.6) is 0 Å². The van der Waals surface area contributed by atoms with Gasteiger partial charge in [0.05, 0.1) is 11.5 Å². The third kappa shape index (κ3) is 7.28. The van der Waals surface area contributed by atoms with E-state index in [0.29, 0.717) is 17.5 Å². The molecule has 0 aliphatic carbocycles. The zero-order valence-electron chi connectivity index (χ0n) is 12.7. The van der Waals surface area contributed by atoms with Gasteiger partial charge in [-0.3, -0.25) is 0 Å². The van der Waals surface area contributed by atoms with Crippen LogP contribution in [0.1, 0.15) is 46.0 Å². The van der Waals surface area contributed by atoms with Crippen LogP contribution in [0.2, 0.25) is 0 Å². The van der Waals surface area contributed by atoms with Crippen molar-refractivity contribution in [2.75, 3.05) is 31.6 Å². The Morgan fingerprint density at radius 3 is 2.47 bits per heavy atom. The van der Waals surface area contributed by atoms with Crippen LogP contribution in [0.25, 0.3) is 0 Å². The molecule has 1 rings (SSSR count). The van der Waals surface area contributed by atoms with Gasteiger partial charge in [-0.05, 0) is 39.4 Å². The Kier molecular flexibility index (Phi) is 7.32. The summed E-state index contributed by atoms with van der Waals surface area (Å²) in [4.78, 5) is 2.23.